The summed E-state index contributed by atoms with van der Waals surface area (Å²) in [4.78, 5) is 5.67. The van der Waals surface area contributed by atoms with Crippen molar-refractivity contribution in [2.24, 2.45) is 75.5 Å². The van der Waals surface area contributed by atoms with Crippen molar-refractivity contribution in [2.45, 2.75) is 192 Å². The number of rotatable bonds is 7. The zero-order valence-corrected chi connectivity index (χ0v) is 43.5. The van der Waals surface area contributed by atoms with Crippen LogP contribution in [0.15, 0.2) is 158 Å². The lowest BCUT2D eigenvalue weighted by Gasteiger charge is -2.51. The summed E-state index contributed by atoms with van der Waals surface area (Å²) in [6.45, 7) is 0. The Morgan fingerprint density at radius 2 is 1.38 bits per heavy atom. The molecule has 14 rings (SSSR count). The molecule has 2 heteroatoms. The van der Waals surface area contributed by atoms with Crippen molar-refractivity contribution in [1.29, 1.82) is 0 Å². The van der Waals surface area contributed by atoms with Crippen LogP contribution in [0.1, 0.15) is 180 Å². The van der Waals surface area contributed by atoms with Crippen molar-refractivity contribution in [3.05, 3.63) is 153 Å². The van der Waals surface area contributed by atoms with Gasteiger partial charge in [-0.3, -0.25) is 4.99 Å². The highest BCUT2D eigenvalue weighted by molar-refractivity contribution is 5.87. The van der Waals surface area contributed by atoms with E-state index < -0.39 is 0 Å². The summed E-state index contributed by atoms with van der Waals surface area (Å²) in [5.74, 6) is 8.46. The van der Waals surface area contributed by atoms with E-state index in [0.717, 1.165) is 24.7 Å². The standard InChI is InChI=1S/C69H86N2/c1-3-19-45(20-4-1)63-44-64(71-68(70-63)48-21-5-2-6-22-48)67-59-31-13-11-29-57(59)66(58-30-12-14-32-60(58)67)47-37-41-52(42-38-47)69(61-33-17-15-27-55(61)56-28-16-18-34-62(56)69)51-39-35-46(36-40-51)65-53-25-9-7-23-49(53)43-50-24-8-10-26-54(50)65/h2,5,7,10-11,19,23,26-27,29,33-35,37,39,41,46-49,51-53,56-57,63-66H,1,3-4,6,8-9,12-18,20-22,24-25,28,30-32,36,38,40,42-44H2,(H,70,71). The van der Waals surface area contributed by atoms with E-state index in [1.54, 1.807) is 27.9 Å². The fraction of sp³-hybridized carbons (Fsp3) is 0.609. The van der Waals surface area contributed by atoms with E-state index in [0.29, 0.717) is 65.3 Å². The lowest BCUT2D eigenvalue weighted by Crippen LogP contribution is -2.49. The first-order valence-corrected chi connectivity index (χ1v) is 30.6. The van der Waals surface area contributed by atoms with Crippen molar-refractivity contribution < 1.29 is 0 Å². The molecular formula is C69H86N2. The van der Waals surface area contributed by atoms with Gasteiger partial charge >= 0.3 is 0 Å². The predicted molar refractivity (Wildman–Crippen MR) is 296 cm³/mol. The van der Waals surface area contributed by atoms with Gasteiger partial charge in [0.25, 0.3) is 0 Å². The Hall–Kier alpha value is -3.91. The number of hydrogen-bond donors (Lipinski definition) is 1. The third-order valence-corrected chi connectivity index (χ3v) is 22.2. The highest BCUT2D eigenvalue weighted by atomic mass is 15.1. The Balaban J connectivity index is 0.805. The van der Waals surface area contributed by atoms with Crippen molar-refractivity contribution >= 4 is 5.84 Å². The molecule has 0 aromatic heterocycles. The molecule has 0 spiro atoms. The Labute approximate surface area is 429 Å². The molecule has 0 radical (unpaired) electrons. The van der Waals surface area contributed by atoms with Gasteiger partial charge in [0.2, 0.25) is 0 Å². The summed E-state index contributed by atoms with van der Waals surface area (Å²) in [5.41, 5.74) is 18.1. The third-order valence-electron chi connectivity index (χ3n) is 22.2. The smallest absolute Gasteiger partial charge is 0.101 e. The van der Waals surface area contributed by atoms with Crippen LogP contribution in [0.25, 0.3) is 0 Å². The summed E-state index contributed by atoms with van der Waals surface area (Å²) >= 11 is 0. The maximum absolute atomic E-state index is 5.67. The Morgan fingerprint density at radius 3 is 2.23 bits per heavy atom. The van der Waals surface area contributed by atoms with Gasteiger partial charge in [-0.1, -0.05) is 120 Å². The molecule has 0 bridgehead atoms. The topological polar surface area (TPSA) is 24.4 Å². The monoisotopic (exact) mass is 943 g/mol. The Morgan fingerprint density at radius 1 is 0.563 bits per heavy atom. The second-order valence-corrected chi connectivity index (χ2v) is 25.5. The maximum atomic E-state index is 5.67. The van der Waals surface area contributed by atoms with E-state index in [9.17, 15) is 0 Å². The number of fused-ring (bicyclic) bond motifs is 5. The highest BCUT2D eigenvalue weighted by Crippen LogP contribution is 2.68. The number of allylic oxidation sites excluding steroid dienone is 23. The van der Waals surface area contributed by atoms with Crippen LogP contribution in [0.5, 0.6) is 0 Å². The lowest BCUT2D eigenvalue weighted by atomic mass is 9.52. The van der Waals surface area contributed by atoms with E-state index in [1.807, 2.05) is 27.9 Å². The molecule has 0 aromatic rings. The van der Waals surface area contributed by atoms with Gasteiger partial charge < -0.3 is 5.32 Å². The molecule has 14 atom stereocenters. The molecule has 372 valence electrons. The molecule has 14 unspecified atom stereocenters. The molecule has 1 fully saturated rings. The lowest BCUT2D eigenvalue weighted by molar-refractivity contribution is 0.152. The van der Waals surface area contributed by atoms with Crippen LogP contribution >= 0.6 is 0 Å². The molecular weight excluding hydrogens is 857 g/mol. The minimum Gasteiger partial charge on any atom is -0.367 e. The number of amidine groups is 1. The Kier molecular flexibility index (Phi) is 12.5. The predicted octanol–water partition coefficient (Wildman–Crippen LogP) is 17.5. The second kappa shape index (κ2) is 19.4. The fourth-order valence-corrected chi connectivity index (χ4v) is 19.3. The van der Waals surface area contributed by atoms with Crippen molar-refractivity contribution in [3.8, 4) is 0 Å². The molecule has 14 aliphatic rings. The molecule has 1 N–H and O–H groups in total. The number of nitrogens with zero attached hydrogens (tertiary/aromatic N) is 1. The first kappa shape index (κ1) is 45.7. The molecule has 2 nitrogen and oxygen atoms in total. The third kappa shape index (κ3) is 7.84. The first-order chi connectivity index (χ1) is 35.2. The van der Waals surface area contributed by atoms with Gasteiger partial charge in [0.15, 0.2) is 0 Å². The SMILES string of the molecule is C1=CC2=C(CC1)CC1C=CCCC1C2C1C=CC(C2(C3C=CC(C4C5=C(CCCC5)C(C5CC(C6=CCCCC6)N=C(C6CC=CCC6)N5)=C5CCC=CC54)CC3)C3=CCCC=C3C3CCCC=C32)CC1. The van der Waals surface area contributed by atoms with E-state index in [-0.39, 0.29) is 5.41 Å². The van der Waals surface area contributed by atoms with Gasteiger partial charge in [-0.2, -0.15) is 0 Å². The summed E-state index contributed by atoms with van der Waals surface area (Å²) in [7, 11) is 0. The number of hydrogen-bond acceptors (Lipinski definition) is 2. The molecule has 1 saturated carbocycles. The van der Waals surface area contributed by atoms with E-state index in [1.165, 1.54) is 173 Å². The quantitative estimate of drug-likeness (QED) is 0.253. The molecule has 13 aliphatic carbocycles. The van der Waals surface area contributed by atoms with E-state index in [4.69, 9.17) is 4.99 Å². The van der Waals surface area contributed by atoms with Crippen molar-refractivity contribution in [1.82, 2.24) is 5.32 Å². The molecule has 1 heterocycles. The average Bonchev–Trinajstić information content (AvgIpc) is 3.75. The highest BCUT2D eigenvalue weighted by Gasteiger charge is 2.59. The van der Waals surface area contributed by atoms with Crippen LogP contribution < -0.4 is 5.32 Å². The van der Waals surface area contributed by atoms with Gasteiger partial charge in [-0.15, -0.1) is 0 Å². The zero-order valence-electron chi connectivity index (χ0n) is 43.5. The molecule has 0 saturated heterocycles. The summed E-state index contributed by atoms with van der Waals surface area (Å²) in [6, 6.07) is 0.747. The largest absolute Gasteiger partial charge is 0.367 e. The molecule has 1 aliphatic heterocycles. The maximum Gasteiger partial charge on any atom is 0.101 e. The van der Waals surface area contributed by atoms with Gasteiger partial charge in [0.05, 0.1) is 12.1 Å². The van der Waals surface area contributed by atoms with Crippen LogP contribution in [0, 0.1) is 70.5 Å². The van der Waals surface area contributed by atoms with E-state index >= 15 is 0 Å². The normalized spacial score (nSPS) is 41.6. The summed E-state index contributed by atoms with van der Waals surface area (Å²) < 4.78 is 0. The van der Waals surface area contributed by atoms with Gasteiger partial charge in [-0.05, 0) is 261 Å². The van der Waals surface area contributed by atoms with Crippen molar-refractivity contribution in [2.75, 3.05) is 0 Å². The first-order valence-electron chi connectivity index (χ1n) is 30.6. The van der Waals surface area contributed by atoms with Gasteiger partial charge in [0.1, 0.15) is 5.84 Å². The number of aliphatic imine (C=N–C) groups is 1. The minimum absolute atomic E-state index is 0.118. The summed E-state index contributed by atoms with van der Waals surface area (Å²) in [5, 5.41) is 4.32. The second-order valence-electron chi connectivity index (χ2n) is 25.5. The van der Waals surface area contributed by atoms with Crippen LogP contribution in [0.2, 0.25) is 0 Å². The summed E-state index contributed by atoms with van der Waals surface area (Å²) in [6.07, 6.45) is 79.1. The minimum atomic E-state index is 0.118. The molecule has 71 heavy (non-hydrogen) atoms. The molecule has 0 aromatic carbocycles. The Bertz CT molecular complexity index is 2580. The van der Waals surface area contributed by atoms with Crippen LogP contribution in [0.4, 0.5) is 0 Å². The van der Waals surface area contributed by atoms with Crippen LogP contribution in [-0.2, 0) is 0 Å². The van der Waals surface area contributed by atoms with Crippen LogP contribution in [-0.4, -0.2) is 17.9 Å². The van der Waals surface area contributed by atoms with Gasteiger partial charge in [0, 0.05) is 23.2 Å². The van der Waals surface area contributed by atoms with Crippen LogP contribution in [0.3, 0.4) is 0 Å². The van der Waals surface area contributed by atoms with E-state index in [2.05, 4.69) is 103 Å². The van der Waals surface area contributed by atoms with Gasteiger partial charge in [-0.25, -0.2) is 0 Å². The average molecular weight is 943 g/mol. The fourth-order valence-electron chi connectivity index (χ4n) is 19.3. The number of nitrogens with one attached hydrogen (secondary N) is 1. The van der Waals surface area contributed by atoms with Crippen molar-refractivity contribution in [3.63, 3.8) is 0 Å². The zero-order chi connectivity index (χ0) is 46.9. The molecule has 0 amide bonds.